The summed E-state index contributed by atoms with van der Waals surface area (Å²) in [7, 11) is 1.85. The first-order valence-electron chi connectivity index (χ1n) is 7.58. The number of halogens is 1. The topological polar surface area (TPSA) is 44.4 Å². The lowest BCUT2D eigenvalue weighted by molar-refractivity contribution is -0.122. The number of carbonyl (C=O) groups is 1. The van der Waals surface area contributed by atoms with Gasteiger partial charge in [0.25, 0.3) is 0 Å². The van der Waals surface area contributed by atoms with Gasteiger partial charge in [-0.25, -0.2) is 4.39 Å². The summed E-state index contributed by atoms with van der Waals surface area (Å²) in [5.74, 6) is -0.0666. The van der Waals surface area contributed by atoms with Crippen LogP contribution in [0.1, 0.15) is 24.8 Å². The van der Waals surface area contributed by atoms with Crippen LogP contribution < -0.4 is 10.6 Å². The van der Waals surface area contributed by atoms with Crippen molar-refractivity contribution in [2.24, 2.45) is 0 Å². The summed E-state index contributed by atoms with van der Waals surface area (Å²) in [6.45, 7) is 3.50. The Morgan fingerprint density at radius 1 is 1.29 bits per heavy atom. The van der Waals surface area contributed by atoms with E-state index in [1.165, 1.54) is 12.1 Å². The van der Waals surface area contributed by atoms with E-state index in [0.29, 0.717) is 12.5 Å². The summed E-state index contributed by atoms with van der Waals surface area (Å²) >= 11 is 0. The quantitative estimate of drug-likeness (QED) is 0.836. The first-order chi connectivity index (χ1) is 10.2. The number of amides is 1. The van der Waals surface area contributed by atoms with Crippen LogP contribution >= 0.6 is 0 Å². The molecule has 0 atom stereocenters. The van der Waals surface area contributed by atoms with E-state index in [9.17, 15) is 9.18 Å². The Balaban J connectivity index is 1.70. The van der Waals surface area contributed by atoms with Gasteiger partial charge >= 0.3 is 0 Å². The highest BCUT2D eigenvalue weighted by atomic mass is 19.1. The lowest BCUT2D eigenvalue weighted by atomic mass is 10.0. The van der Waals surface area contributed by atoms with Gasteiger partial charge in [-0.1, -0.05) is 12.1 Å². The van der Waals surface area contributed by atoms with Gasteiger partial charge < -0.3 is 10.6 Å². The highest BCUT2D eigenvalue weighted by Crippen LogP contribution is 2.14. The number of hydrogen-bond donors (Lipinski definition) is 2. The molecule has 1 aliphatic heterocycles. The molecule has 21 heavy (non-hydrogen) atoms. The zero-order chi connectivity index (χ0) is 15.1. The number of carbonyl (C=O) groups excluding carboxylic acids is 1. The average molecular weight is 293 g/mol. The molecule has 116 valence electrons. The van der Waals surface area contributed by atoms with Crippen molar-refractivity contribution in [1.82, 2.24) is 15.5 Å². The van der Waals surface area contributed by atoms with E-state index in [-0.39, 0.29) is 11.7 Å². The Bertz CT molecular complexity index is 441. The zero-order valence-corrected chi connectivity index (χ0v) is 12.6. The number of hydrogen-bond acceptors (Lipinski definition) is 3. The highest BCUT2D eigenvalue weighted by Gasteiger charge is 2.20. The van der Waals surface area contributed by atoms with E-state index >= 15 is 0 Å². The largest absolute Gasteiger partial charge is 0.353 e. The molecule has 1 amide bonds. The molecule has 1 fully saturated rings. The van der Waals surface area contributed by atoms with Crippen LogP contribution in [0, 0.1) is 5.82 Å². The van der Waals surface area contributed by atoms with Crippen LogP contribution in [0.25, 0.3) is 0 Å². The summed E-state index contributed by atoms with van der Waals surface area (Å²) in [5, 5.41) is 6.07. The lowest BCUT2D eigenvalue weighted by Crippen LogP contribution is -2.44. The van der Waals surface area contributed by atoms with Gasteiger partial charge in [-0.3, -0.25) is 9.69 Å². The van der Waals surface area contributed by atoms with Gasteiger partial charge in [-0.05, 0) is 37.6 Å². The number of nitrogens with one attached hydrogen (secondary N) is 2. The Morgan fingerprint density at radius 3 is 2.57 bits per heavy atom. The molecule has 4 nitrogen and oxygen atoms in total. The van der Waals surface area contributed by atoms with Crippen molar-refractivity contribution in [2.75, 3.05) is 26.7 Å². The van der Waals surface area contributed by atoms with E-state index in [0.717, 1.165) is 44.6 Å². The van der Waals surface area contributed by atoms with Gasteiger partial charge in [0, 0.05) is 38.6 Å². The monoisotopic (exact) mass is 293 g/mol. The van der Waals surface area contributed by atoms with Crippen LogP contribution in [-0.2, 0) is 11.3 Å². The molecule has 1 aliphatic rings. The Hall–Kier alpha value is -1.46. The number of benzene rings is 1. The summed E-state index contributed by atoms with van der Waals surface area (Å²) in [4.78, 5) is 14.0. The van der Waals surface area contributed by atoms with Gasteiger partial charge in [0.05, 0.1) is 0 Å². The number of rotatable bonds is 6. The molecule has 0 bridgehead atoms. The molecule has 0 spiro atoms. The predicted molar refractivity (Wildman–Crippen MR) is 81.4 cm³/mol. The molecule has 5 heteroatoms. The maximum atomic E-state index is 12.9. The van der Waals surface area contributed by atoms with Gasteiger partial charge in [0.1, 0.15) is 5.82 Å². The van der Waals surface area contributed by atoms with E-state index in [4.69, 9.17) is 0 Å². The van der Waals surface area contributed by atoms with Crippen LogP contribution in [-0.4, -0.2) is 43.5 Å². The fourth-order valence-electron chi connectivity index (χ4n) is 2.62. The van der Waals surface area contributed by atoms with E-state index in [1.807, 2.05) is 19.2 Å². The predicted octanol–water partition coefficient (Wildman–Crippen LogP) is 1.52. The van der Waals surface area contributed by atoms with Gasteiger partial charge in [0.15, 0.2) is 0 Å². The molecular formula is C16H24FN3O. The second-order valence-corrected chi connectivity index (χ2v) is 5.60. The van der Waals surface area contributed by atoms with Crippen molar-refractivity contribution in [3.8, 4) is 0 Å². The Morgan fingerprint density at radius 2 is 1.95 bits per heavy atom. The summed E-state index contributed by atoms with van der Waals surface area (Å²) < 4.78 is 12.9. The third-order valence-corrected chi connectivity index (χ3v) is 3.87. The zero-order valence-electron chi connectivity index (χ0n) is 12.6. The van der Waals surface area contributed by atoms with E-state index in [2.05, 4.69) is 15.5 Å². The van der Waals surface area contributed by atoms with Crippen molar-refractivity contribution < 1.29 is 9.18 Å². The summed E-state index contributed by atoms with van der Waals surface area (Å²) in [6.07, 6.45) is 2.49. The molecule has 0 unspecified atom stereocenters. The molecule has 2 N–H and O–H groups in total. The smallest absolute Gasteiger partial charge is 0.221 e. The van der Waals surface area contributed by atoms with Gasteiger partial charge in [-0.15, -0.1) is 0 Å². The van der Waals surface area contributed by atoms with Crippen molar-refractivity contribution in [3.63, 3.8) is 0 Å². The normalized spacial score (nSPS) is 16.9. The summed E-state index contributed by atoms with van der Waals surface area (Å²) in [6, 6.07) is 6.97. The molecular weight excluding hydrogens is 269 g/mol. The van der Waals surface area contributed by atoms with Gasteiger partial charge in [0.2, 0.25) is 5.91 Å². The fraction of sp³-hybridized carbons (Fsp3) is 0.562. The molecule has 1 aromatic rings. The Labute approximate surface area is 125 Å². The second kappa shape index (κ2) is 8.10. The van der Waals surface area contributed by atoms with Crippen LogP contribution in [0.2, 0.25) is 0 Å². The van der Waals surface area contributed by atoms with Crippen LogP contribution in [0.5, 0.6) is 0 Å². The van der Waals surface area contributed by atoms with Crippen LogP contribution in [0.4, 0.5) is 4.39 Å². The van der Waals surface area contributed by atoms with Crippen molar-refractivity contribution >= 4 is 5.91 Å². The molecule has 1 saturated heterocycles. The van der Waals surface area contributed by atoms with Crippen molar-refractivity contribution in [3.05, 3.63) is 35.6 Å². The first-order valence-corrected chi connectivity index (χ1v) is 7.58. The van der Waals surface area contributed by atoms with Crippen molar-refractivity contribution in [1.29, 1.82) is 0 Å². The standard InChI is InChI=1S/C16H24FN3O/c1-18-9-6-16(21)19-15-7-10-20(11-8-15)12-13-2-4-14(17)5-3-13/h2-5,15,18H,6-12H2,1H3,(H,19,21). The minimum Gasteiger partial charge on any atom is -0.353 e. The van der Waals surface area contributed by atoms with Crippen LogP contribution in [0.3, 0.4) is 0 Å². The molecule has 0 aliphatic carbocycles. The SMILES string of the molecule is CNCCC(=O)NC1CCN(Cc2ccc(F)cc2)CC1. The fourth-order valence-corrected chi connectivity index (χ4v) is 2.62. The molecule has 0 radical (unpaired) electrons. The second-order valence-electron chi connectivity index (χ2n) is 5.60. The molecule has 2 rings (SSSR count). The van der Waals surface area contributed by atoms with E-state index in [1.54, 1.807) is 0 Å². The maximum Gasteiger partial charge on any atom is 0.221 e. The molecule has 0 saturated carbocycles. The minimum absolute atomic E-state index is 0.126. The number of likely N-dealkylation sites (tertiary alicyclic amines) is 1. The third-order valence-electron chi connectivity index (χ3n) is 3.87. The van der Waals surface area contributed by atoms with Crippen molar-refractivity contribution in [2.45, 2.75) is 31.8 Å². The first kappa shape index (κ1) is 15.9. The Kier molecular flexibility index (Phi) is 6.14. The van der Waals surface area contributed by atoms with Crippen LogP contribution in [0.15, 0.2) is 24.3 Å². The summed E-state index contributed by atoms with van der Waals surface area (Å²) in [5.41, 5.74) is 1.13. The highest BCUT2D eigenvalue weighted by molar-refractivity contribution is 5.76. The van der Waals surface area contributed by atoms with E-state index < -0.39 is 0 Å². The molecule has 1 heterocycles. The number of piperidine rings is 1. The lowest BCUT2D eigenvalue weighted by Gasteiger charge is -2.32. The average Bonchev–Trinajstić information content (AvgIpc) is 2.49. The van der Waals surface area contributed by atoms with Gasteiger partial charge in [-0.2, -0.15) is 0 Å². The number of nitrogens with zero attached hydrogens (tertiary/aromatic N) is 1. The third kappa shape index (κ3) is 5.44. The molecule has 1 aromatic carbocycles. The maximum absolute atomic E-state index is 12.9. The molecule has 0 aromatic heterocycles. The minimum atomic E-state index is -0.193.